The Bertz CT molecular complexity index is 1250. The van der Waals surface area contributed by atoms with Gasteiger partial charge in [-0.15, -0.1) is 0 Å². The lowest BCUT2D eigenvalue weighted by atomic mass is 10.1. The molecule has 35 heavy (non-hydrogen) atoms. The minimum atomic E-state index is -0.841. The summed E-state index contributed by atoms with van der Waals surface area (Å²) in [7, 11) is 1.51. The first-order valence-corrected chi connectivity index (χ1v) is 10.9. The van der Waals surface area contributed by atoms with Gasteiger partial charge in [-0.25, -0.2) is 0 Å². The fraction of sp³-hybridized carbons (Fsp3) is 0.154. The summed E-state index contributed by atoms with van der Waals surface area (Å²) in [6, 6.07) is 20.9. The normalized spacial score (nSPS) is 14.0. The lowest BCUT2D eigenvalue weighted by Crippen LogP contribution is -2.29. The summed E-state index contributed by atoms with van der Waals surface area (Å²) >= 11 is 0. The number of anilines is 3. The van der Waals surface area contributed by atoms with Gasteiger partial charge in [0.15, 0.2) is 6.40 Å². The van der Waals surface area contributed by atoms with Crippen LogP contribution in [0.5, 0.6) is 5.75 Å². The molecule has 3 aromatic rings. The van der Waals surface area contributed by atoms with E-state index in [9.17, 15) is 14.4 Å². The van der Waals surface area contributed by atoms with E-state index in [2.05, 4.69) is 20.9 Å². The van der Waals surface area contributed by atoms with Gasteiger partial charge in [0, 0.05) is 28.7 Å². The molecule has 0 bridgehead atoms. The van der Waals surface area contributed by atoms with Crippen molar-refractivity contribution in [3.05, 3.63) is 83.9 Å². The third-order valence-electron chi connectivity index (χ3n) is 5.22. The van der Waals surface area contributed by atoms with Crippen LogP contribution in [0.4, 0.5) is 17.1 Å². The summed E-state index contributed by atoms with van der Waals surface area (Å²) < 4.78 is 10.8. The van der Waals surface area contributed by atoms with Gasteiger partial charge in [0.1, 0.15) is 11.9 Å². The first-order chi connectivity index (χ1) is 17.0. The van der Waals surface area contributed by atoms with E-state index in [1.165, 1.54) is 13.5 Å². The molecule has 1 aliphatic rings. The maximum absolute atomic E-state index is 12.5. The molecule has 3 amide bonds. The van der Waals surface area contributed by atoms with Gasteiger partial charge < -0.3 is 25.4 Å². The van der Waals surface area contributed by atoms with Gasteiger partial charge in [-0.1, -0.05) is 30.3 Å². The monoisotopic (exact) mass is 472 g/mol. The number of para-hydroxylation sites is 1. The highest BCUT2D eigenvalue weighted by Crippen LogP contribution is 2.32. The molecule has 0 radical (unpaired) electrons. The van der Waals surface area contributed by atoms with E-state index in [4.69, 9.17) is 9.47 Å². The average molecular weight is 473 g/mol. The fourth-order valence-corrected chi connectivity index (χ4v) is 3.57. The molecule has 1 heterocycles. The van der Waals surface area contributed by atoms with Crippen molar-refractivity contribution in [2.45, 2.75) is 12.5 Å². The zero-order valence-corrected chi connectivity index (χ0v) is 19.0. The van der Waals surface area contributed by atoms with Gasteiger partial charge in [-0.3, -0.25) is 19.4 Å². The van der Waals surface area contributed by atoms with Crippen molar-refractivity contribution in [2.24, 2.45) is 4.99 Å². The number of aliphatic imine (C=N–C) groups is 1. The van der Waals surface area contributed by atoms with Crippen molar-refractivity contribution in [3.63, 3.8) is 0 Å². The highest BCUT2D eigenvalue weighted by molar-refractivity contribution is 6.43. The number of methoxy groups -OCH3 is 1. The van der Waals surface area contributed by atoms with Crippen molar-refractivity contribution in [1.29, 1.82) is 0 Å². The van der Waals surface area contributed by atoms with Gasteiger partial charge in [0.05, 0.1) is 20.1 Å². The second-order valence-corrected chi connectivity index (χ2v) is 7.75. The predicted molar refractivity (Wildman–Crippen MR) is 133 cm³/mol. The topological polar surface area (TPSA) is 118 Å². The van der Waals surface area contributed by atoms with Crippen molar-refractivity contribution in [2.75, 3.05) is 29.6 Å². The van der Waals surface area contributed by atoms with Crippen LogP contribution in [0, 0.1) is 0 Å². The second kappa shape index (κ2) is 11.0. The highest BCUT2D eigenvalue weighted by atomic mass is 16.5. The first kappa shape index (κ1) is 23.5. The number of benzene rings is 3. The molecule has 0 aliphatic carbocycles. The number of ether oxygens (including phenoxy) is 2. The van der Waals surface area contributed by atoms with Crippen LogP contribution in [-0.2, 0) is 25.5 Å². The van der Waals surface area contributed by atoms with E-state index >= 15 is 0 Å². The van der Waals surface area contributed by atoms with E-state index in [1.54, 1.807) is 54.6 Å². The Morgan fingerprint density at radius 1 is 0.886 bits per heavy atom. The van der Waals surface area contributed by atoms with Crippen molar-refractivity contribution >= 4 is 41.2 Å². The van der Waals surface area contributed by atoms with E-state index in [0.29, 0.717) is 34.9 Å². The second-order valence-electron chi connectivity index (χ2n) is 7.75. The Kier molecular flexibility index (Phi) is 7.37. The lowest BCUT2D eigenvalue weighted by Gasteiger charge is -2.15. The molecule has 1 aliphatic heterocycles. The summed E-state index contributed by atoms with van der Waals surface area (Å²) in [5, 5.41) is 7.93. The average Bonchev–Trinajstić information content (AvgIpc) is 3.39. The SMILES string of the molecule is COc1cc(NC(=O)C(=O)Nc2cccc(CC(=O)Nc3ccccc3)c2)ccc1C1CN=CO1. The molecule has 0 fully saturated rings. The van der Waals surface area contributed by atoms with Gasteiger partial charge in [-0.05, 0) is 42.0 Å². The van der Waals surface area contributed by atoms with Crippen molar-refractivity contribution < 1.29 is 23.9 Å². The van der Waals surface area contributed by atoms with Crippen LogP contribution in [0.1, 0.15) is 17.2 Å². The van der Waals surface area contributed by atoms with E-state index in [1.807, 2.05) is 18.2 Å². The highest BCUT2D eigenvalue weighted by Gasteiger charge is 2.21. The van der Waals surface area contributed by atoms with E-state index in [-0.39, 0.29) is 18.4 Å². The zero-order valence-electron chi connectivity index (χ0n) is 19.0. The largest absolute Gasteiger partial charge is 0.496 e. The molecule has 1 atom stereocenters. The fourth-order valence-electron chi connectivity index (χ4n) is 3.57. The minimum Gasteiger partial charge on any atom is -0.496 e. The van der Waals surface area contributed by atoms with Gasteiger partial charge in [0.2, 0.25) is 5.91 Å². The molecule has 0 saturated carbocycles. The number of amides is 3. The van der Waals surface area contributed by atoms with Gasteiger partial charge in [0.25, 0.3) is 0 Å². The third kappa shape index (κ3) is 6.23. The maximum atomic E-state index is 12.5. The smallest absolute Gasteiger partial charge is 0.314 e. The van der Waals surface area contributed by atoms with Crippen LogP contribution in [0.15, 0.2) is 77.8 Å². The number of nitrogens with zero attached hydrogens (tertiary/aromatic N) is 1. The first-order valence-electron chi connectivity index (χ1n) is 10.9. The number of hydrogen-bond acceptors (Lipinski definition) is 6. The molecule has 178 valence electrons. The molecule has 0 spiro atoms. The number of rotatable bonds is 7. The Morgan fingerprint density at radius 2 is 1.60 bits per heavy atom. The molecule has 0 aromatic heterocycles. The third-order valence-corrected chi connectivity index (χ3v) is 5.22. The molecular formula is C26H24N4O5. The summed E-state index contributed by atoms with van der Waals surface area (Å²) in [6.45, 7) is 0.484. The Hall–Kier alpha value is -4.66. The molecule has 3 aromatic carbocycles. The summed E-state index contributed by atoms with van der Waals surface area (Å²) in [6.07, 6.45) is 1.27. The molecule has 0 saturated heterocycles. The van der Waals surface area contributed by atoms with Crippen molar-refractivity contribution in [1.82, 2.24) is 0 Å². The van der Waals surface area contributed by atoms with Gasteiger partial charge >= 0.3 is 11.8 Å². The number of hydrogen-bond donors (Lipinski definition) is 3. The Morgan fingerprint density at radius 3 is 2.29 bits per heavy atom. The minimum absolute atomic E-state index is 0.118. The van der Waals surface area contributed by atoms with Gasteiger partial charge in [-0.2, -0.15) is 0 Å². The zero-order chi connectivity index (χ0) is 24.6. The van der Waals surface area contributed by atoms with E-state index < -0.39 is 11.8 Å². The lowest BCUT2D eigenvalue weighted by molar-refractivity contribution is -0.133. The Labute approximate surface area is 202 Å². The maximum Gasteiger partial charge on any atom is 0.314 e. The van der Waals surface area contributed by atoms with Crippen LogP contribution in [0.3, 0.4) is 0 Å². The summed E-state index contributed by atoms with van der Waals surface area (Å²) in [5.41, 5.74) is 2.99. The van der Waals surface area contributed by atoms with Crippen molar-refractivity contribution in [3.8, 4) is 5.75 Å². The van der Waals surface area contributed by atoms with Crippen LogP contribution in [0.25, 0.3) is 0 Å². The van der Waals surface area contributed by atoms with Crippen LogP contribution < -0.4 is 20.7 Å². The summed E-state index contributed by atoms with van der Waals surface area (Å²) in [5.74, 6) is -1.36. The van der Waals surface area contributed by atoms with Crippen LogP contribution in [-0.4, -0.2) is 37.8 Å². The number of carbonyl (C=O) groups excluding carboxylic acids is 3. The number of nitrogens with one attached hydrogen (secondary N) is 3. The van der Waals surface area contributed by atoms with Crippen LogP contribution in [0.2, 0.25) is 0 Å². The Balaban J connectivity index is 1.34. The molecule has 4 rings (SSSR count). The van der Waals surface area contributed by atoms with E-state index in [0.717, 1.165) is 5.56 Å². The molecule has 9 heteroatoms. The predicted octanol–water partition coefficient (Wildman–Crippen LogP) is 3.55. The quantitative estimate of drug-likeness (QED) is 0.455. The molecule has 1 unspecified atom stereocenters. The molecular weight excluding hydrogens is 448 g/mol. The number of carbonyl (C=O) groups is 3. The standard InChI is InChI=1S/C26H24N4O5/c1-34-22-14-20(10-11-21(22)23-15-27-16-35-23)30-26(33)25(32)29-19-9-5-6-17(12-19)13-24(31)28-18-7-3-2-4-8-18/h2-12,14,16,23H,13,15H2,1H3,(H,28,31)(H,29,32)(H,30,33). The summed E-state index contributed by atoms with van der Waals surface area (Å²) in [4.78, 5) is 41.2. The molecule has 3 N–H and O–H groups in total. The van der Waals surface area contributed by atoms with Crippen LogP contribution >= 0.6 is 0 Å². The molecule has 9 nitrogen and oxygen atoms in total.